The summed E-state index contributed by atoms with van der Waals surface area (Å²) in [6.45, 7) is 3.49. The molecule has 0 N–H and O–H groups in total. The minimum Gasteiger partial charge on any atom is -0.336 e. The third kappa shape index (κ3) is 4.47. The molecular weight excluding hydrogens is 330 g/mol. The van der Waals surface area contributed by atoms with Gasteiger partial charge in [0.2, 0.25) is 0 Å². The van der Waals surface area contributed by atoms with E-state index in [1.807, 2.05) is 35.0 Å². The Hall–Kier alpha value is -2.06. The van der Waals surface area contributed by atoms with Crippen molar-refractivity contribution in [3.63, 3.8) is 0 Å². The van der Waals surface area contributed by atoms with Crippen molar-refractivity contribution in [3.8, 4) is 11.8 Å². The average molecular weight is 346 g/mol. The zero-order chi connectivity index (χ0) is 15.1. The summed E-state index contributed by atoms with van der Waals surface area (Å²) in [6, 6.07) is 7.89. The maximum Gasteiger partial charge on any atom is 0.298 e. The summed E-state index contributed by atoms with van der Waals surface area (Å²) in [7, 11) is 0. The van der Waals surface area contributed by atoms with E-state index in [1.54, 1.807) is 24.3 Å². The molecule has 1 aromatic heterocycles. The van der Waals surface area contributed by atoms with E-state index in [0.29, 0.717) is 19.6 Å². The minimum absolute atomic E-state index is 0.159. The predicted molar refractivity (Wildman–Crippen MR) is 85.2 cm³/mol. The van der Waals surface area contributed by atoms with Crippen LogP contribution in [0, 0.1) is 11.8 Å². The van der Waals surface area contributed by atoms with Crippen molar-refractivity contribution in [2.24, 2.45) is 0 Å². The summed E-state index contributed by atoms with van der Waals surface area (Å²) in [5.41, 5.74) is 1.06. The van der Waals surface area contributed by atoms with E-state index in [9.17, 15) is 4.79 Å². The number of amides is 1. The molecule has 21 heavy (non-hydrogen) atoms. The number of carbonyl (C=O) groups excluding carboxylic acids is 1. The Morgan fingerprint density at radius 2 is 2.24 bits per heavy atom. The molecule has 0 saturated heterocycles. The van der Waals surface area contributed by atoms with Crippen LogP contribution in [0.4, 0.5) is 0 Å². The number of hydrogen-bond donors (Lipinski definition) is 0. The van der Waals surface area contributed by atoms with Gasteiger partial charge in [0.25, 0.3) is 5.91 Å². The molecule has 0 fully saturated rings. The van der Waals surface area contributed by atoms with Crippen molar-refractivity contribution in [1.82, 2.24) is 14.5 Å². The molecule has 0 saturated carbocycles. The number of nitrogens with zero attached hydrogens (tertiary/aromatic N) is 3. The number of carbonyl (C=O) groups is 1. The Labute approximate surface area is 132 Å². The van der Waals surface area contributed by atoms with E-state index in [1.165, 1.54) is 0 Å². The van der Waals surface area contributed by atoms with Crippen LogP contribution in [0.15, 0.2) is 47.5 Å². The molecule has 108 valence electrons. The summed E-state index contributed by atoms with van der Waals surface area (Å²) >= 11 is 3.51. The fourth-order valence-corrected chi connectivity index (χ4v) is 2.34. The normalized spacial score (nSPS) is 9.81. The topological polar surface area (TPSA) is 38.1 Å². The average Bonchev–Trinajstić information content (AvgIpc) is 2.99. The number of halogens is 1. The summed E-state index contributed by atoms with van der Waals surface area (Å²) in [5.74, 6) is 5.12. The third-order valence-corrected chi connectivity index (χ3v) is 3.80. The van der Waals surface area contributed by atoms with Gasteiger partial charge >= 0.3 is 0 Å². The zero-order valence-electron chi connectivity index (χ0n) is 11.8. The highest BCUT2D eigenvalue weighted by atomic mass is 79.9. The maximum atomic E-state index is 12.1. The van der Waals surface area contributed by atoms with Crippen molar-refractivity contribution in [1.29, 1.82) is 0 Å². The number of rotatable bonds is 5. The first-order valence-corrected chi connectivity index (χ1v) is 7.41. The van der Waals surface area contributed by atoms with Crippen LogP contribution in [0.25, 0.3) is 0 Å². The van der Waals surface area contributed by atoms with Crippen molar-refractivity contribution in [2.45, 2.75) is 20.0 Å². The van der Waals surface area contributed by atoms with E-state index < -0.39 is 0 Å². The van der Waals surface area contributed by atoms with Crippen molar-refractivity contribution >= 4 is 21.8 Å². The van der Waals surface area contributed by atoms with Gasteiger partial charge in [0.15, 0.2) is 0 Å². The van der Waals surface area contributed by atoms with Gasteiger partial charge in [0.1, 0.15) is 0 Å². The molecule has 1 amide bonds. The first-order valence-electron chi connectivity index (χ1n) is 6.61. The quantitative estimate of drug-likeness (QED) is 0.781. The van der Waals surface area contributed by atoms with Crippen LogP contribution in [0.1, 0.15) is 12.5 Å². The molecule has 2 aromatic rings. The summed E-state index contributed by atoms with van der Waals surface area (Å²) in [4.78, 5) is 17.9. The number of aromatic nitrogens is 2. The van der Waals surface area contributed by atoms with E-state index in [4.69, 9.17) is 0 Å². The molecule has 0 aliphatic rings. The van der Waals surface area contributed by atoms with Gasteiger partial charge in [-0.05, 0) is 24.5 Å². The van der Waals surface area contributed by atoms with Gasteiger partial charge in [0, 0.05) is 36.5 Å². The molecule has 2 rings (SSSR count). The van der Waals surface area contributed by atoms with Crippen LogP contribution in [0.2, 0.25) is 0 Å². The minimum atomic E-state index is -0.159. The van der Waals surface area contributed by atoms with Crippen molar-refractivity contribution in [2.75, 3.05) is 6.54 Å². The monoisotopic (exact) mass is 345 g/mol. The first-order chi connectivity index (χ1) is 10.2. The number of imidazole rings is 1. The van der Waals surface area contributed by atoms with Crippen molar-refractivity contribution < 1.29 is 4.79 Å². The van der Waals surface area contributed by atoms with Gasteiger partial charge in [0.05, 0.1) is 6.33 Å². The highest BCUT2D eigenvalue weighted by molar-refractivity contribution is 9.10. The molecular formula is C16H16BrN3O. The highest BCUT2D eigenvalue weighted by Gasteiger charge is 2.13. The second kappa shape index (κ2) is 7.65. The molecule has 1 heterocycles. The van der Waals surface area contributed by atoms with Crippen LogP contribution in [-0.2, 0) is 17.9 Å². The van der Waals surface area contributed by atoms with E-state index >= 15 is 0 Å². The molecule has 1 aromatic carbocycles. The largest absolute Gasteiger partial charge is 0.336 e. The van der Waals surface area contributed by atoms with Gasteiger partial charge in [-0.25, -0.2) is 4.98 Å². The predicted octanol–water partition coefficient (Wildman–Crippen LogP) is 2.70. The fraction of sp³-hybridized carbons (Fsp3) is 0.250. The molecule has 4 nitrogen and oxygen atoms in total. The lowest BCUT2D eigenvalue weighted by atomic mass is 10.2. The van der Waals surface area contributed by atoms with Gasteiger partial charge in [-0.3, -0.25) is 4.79 Å². The number of hydrogen-bond acceptors (Lipinski definition) is 2. The Morgan fingerprint density at radius 1 is 1.43 bits per heavy atom. The van der Waals surface area contributed by atoms with Crippen LogP contribution >= 0.6 is 15.9 Å². The van der Waals surface area contributed by atoms with Crippen LogP contribution < -0.4 is 0 Å². The van der Waals surface area contributed by atoms with Crippen molar-refractivity contribution in [3.05, 3.63) is 53.0 Å². The summed E-state index contributed by atoms with van der Waals surface area (Å²) in [5, 5.41) is 0. The molecule has 0 unspecified atom stereocenters. The molecule has 0 aliphatic carbocycles. The van der Waals surface area contributed by atoms with Crippen LogP contribution in [0.5, 0.6) is 0 Å². The lowest BCUT2D eigenvalue weighted by Gasteiger charge is -2.21. The molecule has 0 spiro atoms. The van der Waals surface area contributed by atoms with E-state index in [0.717, 1.165) is 10.0 Å². The zero-order valence-corrected chi connectivity index (χ0v) is 13.4. The summed E-state index contributed by atoms with van der Waals surface area (Å²) in [6.07, 6.45) is 5.35. The maximum absolute atomic E-state index is 12.1. The molecule has 0 aliphatic heterocycles. The van der Waals surface area contributed by atoms with E-state index in [-0.39, 0.29) is 5.91 Å². The second-order valence-electron chi connectivity index (χ2n) is 4.49. The molecule has 0 radical (unpaired) electrons. The van der Waals surface area contributed by atoms with Gasteiger partial charge in [-0.1, -0.05) is 40.0 Å². The molecule has 0 atom stereocenters. The Morgan fingerprint density at radius 3 is 2.90 bits per heavy atom. The Kier molecular flexibility index (Phi) is 5.59. The van der Waals surface area contributed by atoms with Crippen LogP contribution in [0.3, 0.4) is 0 Å². The van der Waals surface area contributed by atoms with Crippen LogP contribution in [-0.4, -0.2) is 26.9 Å². The third-order valence-electron chi connectivity index (χ3n) is 3.03. The molecule has 0 bridgehead atoms. The van der Waals surface area contributed by atoms with Gasteiger partial charge < -0.3 is 9.47 Å². The highest BCUT2D eigenvalue weighted by Crippen LogP contribution is 2.17. The van der Waals surface area contributed by atoms with Gasteiger partial charge in [-0.2, -0.15) is 0 Å². The standard InChI is InChI=1S/C16H16BrN3O/c1-2-5-16(21)20(11-10-19-9-8-18-13-19)12-14-6-3-4-7-15(14)17/h3-4,6-9,13H,10-12H2,1H3. The summed E-state index contributed by atoms with van der Waals surface area (Å²) < 4.78 is 2.94. The van der Waals surface area contributed by atoms with Gasteiger partial charge in [-0.15, -0.1) is 0 Å². The lowest BCUT2D eigenvalue weighted by Crippen LogP contribution is -2.32. The molecule has 5 heteroatoms. The smallest absolute Gasteiger partial charge is 0.298 e. The lowest BCUT2D eigenvalue weighted by molar-refractivity contribution is -0.125. The van der Waals surface area contributed by atoms with E-state index in [2.05, 4.69) is 32.8 Å². The SMILES string of the molecule is CC#CC(=O)N(CCn1ccnc1)Cc1ccccc1Br. The second-order valence-corrected chi connectivity index (χ2v) is 5.35. The first kappa shape index (κ1) is 15.3. The fourth-order valence-electron chi connectivity index (χ4n) is 1.93. The number of benzene rings is 1. The Balaban J connectivity index is 2.09. The Bertz CT molecular complexity index is 656.